The third kappa shape index (κ3) is 3.64. The molecule has 0 aliphatic carbocycles. The van der Waals surface area contributed by atoms with Crippen LogP contribution in [0.4, 0.5) is 0 Å². The number of aromatic nitrogens is 1. The molecule has 2 N–H and O–H groups in total. The Balaban J connectivity index is 1.83. The van der Waals surface area contributed by atoms with Crippen molar-refractivity contribution in [3.8, 4) is 0 Å². The second kappa shape index (κ2) is 7.17. The van der Waals surface area contributed by atoms with Gasteiger partial charge in [0, 0.05) is 11.6 Å². The van der Waals surface area contributed by atoms with E-state index in [0.29, 0.717) is 5.56 Å². The Hall–Kier alpha value is -2.50. The summed E-state index contributed by atoms with van der Waals surface area (Å²) in [7, 11) is 0. The maximum Gasteiger partial charge on any atom is 0.254 e. The van der Waals surface area contributed by atoms with E-state index in [1.165, 1.54) is 11.3 Å². The molecule has 0 aliphatic heterocycles. The van der Waals surface area contributed by atoms with E-state index in [-0.39, 0.29) is 6.04 Å². The molecule has 2 aromatic carbocycles. The molecule has 5 heteroatoms. The molecule has 0 saturated heterocycles. The van der Waals surface area contributed by atoms with Crippen LogP contribution in [0.25, 0.3) is 0 Å². The van der Waals surface area contributed by atoms with Gasteiger partial charge in [-0.1, -0.05) is 60.7 Å². The van der Waals surface area contributed by atoms with Gasteiger partial charge in [0.05, 0.1) is 0 Å². The summed E-state index contributed by atoms with van der Waals surface area (Å²) in [4.78, 5) is 16.7. The van der Waals surface area contributed by atoms with Crippen LogP contribution >= 0.6 is 11.3 Å². The molecule has 2 atom stereocenters. The molecule has 0 saturated carbocycles. The van der Waals surface area contributed by atoms with Gasteiger partial charge in [-0.05, 0) is 11.1 Å². The van der Waals surface area contributed by atoms with E-state index in [4.69, 9.17) is 0 Å². The van der Waals surface area contributed by atoms with Crippen LogP contribution in [0.5, 0.6) is 0 Å². The molecule has 0 aliphatic rings. The number of amides is 1. The number of hydrogen-bond donors (Lipinski definition) is 2. The van der Waals surface area contributed by atoms with E-state index in [2.05, 4.69) is 10.3 Å². The van der Waals surface area contributed by atoms with Crippen molar-refractivity contribution in [3.63, 3.8) is 0 Å². The van der Waals surface area contributed by atoms with E-state index in [0.717, 1.165) is 10.6 Å². The fourth-order valence-corrected chi connectivity index (χ4v) is 3.03. The van der Waals surface area contributed by atoms with Crippen LogP contribution in [-0.4, -0.2) is 16.0 Å². The van der Waals surface area contributed by atoms with Crippen molar-refractivity contribution in [1.29, 1.82) is 0 Å². The minimum Gasteiger partial charge on any atom is -0.378 e. The fourth-order valence-electron chi connectivity index (χ4n) is 2.32. The molecule has 116 valence electrons. The number of rotatable bonds is 5. The summed E-state index contributed by atoms with van der Waals surface area (Å²) < 4.78 is 0. The van der Waals surface area contributed by atoms with Gasteiger partial charge in [0.1, 0.15) is 11.0 Å². The van der Waals surface area contributed by atoms with Gasteiger partial charge in [-0.2, -0.15) is 0 Å². The molecular weight excluding hydrogens is 308 g/mol. The zero-order valence-electron chi connectivity index (χ0n) is 12.3. The average Bonchev–Trinajstić information content (AvgIpc) is 3.14. The molecule has 0 radical (unpaired) electrons. The molecular formula is C18H16N2O2S. The fraction of sp³-hybridized carbons (Fsp3) is 0.111. The first-order chi connectivity index (χ1) is 11.3. The Morgan fingerprint density at radius 3 is 2.17 bits per heavy atom. The zero-order valence-corrected chi connectivity index (χ0v) is 13.1. The molecule has 0 fully saturated rings. The summed E-state index contributed by atoms with van der Waals surface area (Å²) in [5, 5.41) is 15.8. The highest BCUT2D eigenvalue weighted by atomic mass is 32.1. The van der Waals surface area contributed by atoms with Crippen LogP contribution < -0.4 is 5.32 Å². The average molecular weight is 324 g/mol. The Labute approximate surface area is 138 Å². The lowest BCUT2D eigenvalue weighted by Gasteiger charge is -2.19. The smallest absolute Gasteiger partial charge is 0.254 e. The molecule has 3 rings (SSSR count). The molecule has 1 heterocycles. The number of benzene rings is 2. The zero-order chi connectivity index (χ0) is 16.1. The van der Waals surface area contributed by atoms with Gasteiger partial charge >= 0.3 is 0 Å². The quantitative estimate of drug-likeness (QED) is 0.758. The summed E-state index contributed by atoms with van der Waals surface area (Å²) in [6, 6.07) is 18.1. The lowest BCUT2D eigenvalue weighted by Crippen LogP contribution is -2.33. The van der Waals surface area contributed by atoms with Crippen molar-refractivity contribution in [1.82, 2.24) is 10.3 Å². The van der Waals surface area contributed by atoms with E-state index in [1.807, 2.05) is 41.8 Å². The van der Waals surface area contributed by atoms with E-state index >= 15 is 0 Å². The minimum absolute atomic E-state index is 0.373. The lowest BCUT2D eigenvalue weighted by molar-refractivity contribution is -0.130. The highest BCUT2D eigenvalue weighted by Crippen LogP contribution is 2.25. The van der Waals surface area contributed by atoms with Crippen molar-refractivity contribution < 1.29 is 9.90 Å². The first-order valence-electron chi connectivity index (χ1n) is 7.23. The van der Waals surface area contributed by atoms with Crippen molar-refractivity contribution in [3.05, 3.63) is 88.4 Å². The van der Waals surface area contributed by atoms with Crippen LogP contribution in [0.1, 0.15) is 28.3 Å². The Bertz CT molecular complexity index is 745. The van der Waals surface area contributed by atoms with E-state index in [9.17, 15) is 9.90 Å². The van der Waals surface area contributed by atoms with Crippen molar-refractivity contribution in [2.24, 2.45) is 0 Å². The summed E-state index contributed by atoms with van der Waals surface area (Å²) in [6.07, 6.45) is 0.498. The summed E-state index contributed by atoms with van der Waals surface area (Å²) in [6.45, 7) is 0. The minimum atomic E-state index is -1.21. The van der Waals surface area contributed by atoms with Crippen LogP contribution in [-0.2, 0) is 4.79 Å². The number of aliphatic hydroxyl groups excluding tert-OH is 1. The van der Waals surface area contributed by atoms with Gasteiger partial charge in [0.2, 0.25) is 0 Å². The first-order valence-corrected chi connectivity index (χ1v) is 8.11. The first kappa shape index (κ1) is 15.4. The highest BCUT2D eigenvalue weighted by Gasteiger charge is 2.24. The maximum atomic E-state index is 12.4. The predicted octanol–water partition coefficient (Wildman–Crippen LogP) is 3.08. The van der Waals surface area contributed by atoms with Gasteiger partial charge in [-0.3, -0.25) is 4.79 Å². The number of nitrogens with one attached hydrogen (secondary N) is 1. The Morgan fingerprint density at radius 2 is 1.61 bits per heavy atom. The number of aliphatic hydroxyl groups is 1. The van der Waals surface area contributed by atoms with Crippen molar-refractivity contribution in [2.45, 2.75) is 12.1 Å². The van der Waals surface area contributed by atoms with Crippen LogP contribution in [0.15, 0.2) is 72.2 Å². The maximum absolute atomic E-state index is 12.4. The Morgan fingerprint density at radius 1 is 1.00 bits per heavy atom. The Kier molecular flexibility index (Phi) is 4.80. The standard InChI is InChI=1S/C18H16N2O2S/c21-16(14-9-5-2-6-10-14)17(22)20-15(18-19-11-12-23-18)13-7-3-1-4-8-13/h1-12,15-16,21H,(H,20,22)/t15-,16-/m0/s1. The molecule has 0 unspecified atom stereocenters. The van der Waals surface area contributed by atoms with Crippen LogP contribution in [0.2, 0.25) is 0 Å². The largest absolute Gasteiger partial charge is 0.378 e. The van der Waals surface area contributed by atoms with E-state index in [1.54, 1.807) is 30.5 Å². The number of thiazole rings is 1. The van der Waals surface area contributed by atoms with Crippen molar-refractivity contribution >= 4 is 17.2 Å². The van der Waals surface area contributed by atoms with Crippen molar-refractivity contribution in [2.75, 3.05) is 0 Å². The molecule has 1 aromatic heterocycles. The van der Waals surface area contributed by atoms with Gasteiger partial charge in [0.25, 0.3) is 5.91 Å². The topological polar surface area (TPSA) is 62.2 Å². The second-order valence-corrected chi connectivity index (χ2v) is 5.96. The third-order valence-electron chi connectivity index (χ3n) is 3.48. The molecule has 4 nitrogen and oxygen atoms in total. The van der Waals surface area contributed by atoms with Gasteiger partial charge in [-0.15, -0.1) is 11.3 Å². The monoisotopic (exact) mass is 324 g/mol. The van der Waals surface area contributed by atoms with Gasteiger partial charge < -0.3 is 10.4 Å². The summed E-state index contributed by atoms with van der Waals surface area (Å²) in [5.41, 5.74) is 1.49. The SMILES string of the molecule is O=C(N[C@@H](c1ccccc1)c1nccs1)[C@@H](O)c1ccccc1. The molecule has 3 aromatic rings. The lowest BCUT2D eigenvalue weighted by atomic mass is 10.1. The van der Waals surface area contributed by atoms with Crippen LogP contribution in [0.3, 0.4) is 0 Å². The second-order valence-electron chi connectivity index (χ2n) is 5.04. The third-order valence-corrected chi connectivity index (χ3v) is 4.32. The highest BCUT2D eigenvalue weighted by molar-refractivity contribution is 7.09. The normalized spacial score (nSPS) is 13.3. The van der Waals surface area contributed by atoms with E-state index < -0.39 is 12.0 Å². The molecule has 1 amide bonds. The predicted molar refractivity (Wildman–Crippen MR) is 89.9 cm³/mol. The summed E-state index contributed by atoms with van der Waals surface area (Å²) >= 11 is 1.47. The number of nitrogens with zero attached hydrogens (tertiary/aromatic N) is 1. The number of carbonyl (C=O) groups is 1. The van der Waals surface area contributed by atoms with Gasteiger partial charge in [-0.25, -0.2) is 4.98 Å². The molecule has 23 heavy (non-hydrogen) atoms. The molecule has 0 spiro atoms. The number of carbonyl (C=O) groups excluding carboxylic acids is 1. The van der Waals surface area contributed by atoms with Gasteiger partial charge in [0.15, 0.2) is 6.10 Å². The van der Waals surface area contributed by atoms with Crippen LogP contribution in [0, 0.1) is 0 Å². The summed E-state index contributed by atoms with van der Waals surface area (Å²) in [5.74, 6) is -0.444. The number of hydrogen-bond acceptors (Lipinski definition) is 4. The molecule has 0 bridgehead atoms.